The standard InChI is InChI=1S/C11H16N2OS/c1-13-8-9(7-12-13)6-10(14)11-4-2-3-5-15-11/h7-8,11H,2-6H2,1H3. The summed E-state index contributed by atoms with van der Waals surface area (Å²) in [6.07, 6.45) is 7.78. The number of hydrogen-bond donors (Lipinski definition) is 0. The number of thioether (sulfide) groups is 1. The van der Waals surface area contributed by atoms with Crippen LogP contribution in [0, 0.1) is 0 Å². The van der Waals surface area contributed by atoms with Crippen LogP contribution in [0.3, 0.4) is 0 Å². The summed E-state index contributed by atoms with van der Waals surface area (Å²) in [6, 6.07) is 0. The van der Waals surface area contributed by atoms with Crippen LogP contribution >= 0.6 is 11.8 Å². The number of Topliss-reactive ketones (excluding diaryl/α,β-unsaturated/α-hetero) is 1. The molecule has 0 saturated carbocycles. The highest BCUT2D eigenvalue weighted by Crippen LogP contribution is 2.26. The molecule has 1 fully saturated rings. The van der Waals surface area contributed by atoms with Gasteiger partial charge in [0.1, 0.15) is 5.78 Å². The largest absolute Gasteiger partial charge is 0.298 e. The summed E-state index contributed by atoms with van der Waals surface area (Å²) in [7, 11) is 1.88. The van der Waals surface area contributed by atoms with Crippen LogP contribution in [0.1, 0.15) is 24.8 Å². The molecule has 0 aliphatic carbocycles. The Labute approximate surface area is 94.2 Å². The number of nitrogens with zero attached hydrogens (tertiary/aromatic N) is 2. The lowest BCUT2D eigenvalue weighted by atomic mass is 10.1. The molecule has 82 valence electrons. The number of carbonyl (C=O) groups is 1. The lowest BCUT2D eigenvalue weighted by Gasteiger charge is -2.19. The molecule has 0 N–H and O–H groups in total. The van der Waals surface area contributed by atoms with Gasteiger partial charge in [-0.25, -0.2) is 0 Å². The number of aromatic nitrogens is 2. The van der Waals surface area contributed by atoms with E-state index < -0.39 is 0 Å². The molecular formula is C11H16N2OS. The summed E-state index contributed by atoms with van der Waals surface area (Å²) < 4.78 is 1.75. The Morgan fingerprint density at radius 3 is 3.13 bits per heavy atom. The van der Waals surface area contributed by atoms with E-state index in [1.165, 1.54) is 12.8 Å². The third-order valence-corrected chi connectivity index (χ3v) is 4.10. The minimum atomic E-state index is 0.235. The summed E-state index contributed by atoms with van der Waals surface area (Å²) in [5.41, 5.74) is 1.04. The van der Waals surface area contributed by atoms with Gasteiger partial charge in [0.25, 0.3) is 0 Å². The van der Waals surface area contributed by atoms with Gasteiger partial charge in [0.05, 0.1) is 11.4 Å². The zero-order valence-electron chi connectivity index (χ0n) is 8.98. The lowest BCUT2D eigenvalue weighted by molar-refractivity contribution is -0.118. The second kappa shape index (κ2) is 4.84. The van der Waals surface area contributed by atoms with E-state index >= 15 is 0 Å². The normalized spacial score (nSPS) is 21.5. The van der Waals surface area contributed by atoms with Gasteiger partial charge in [-0.1, -0.05) is 6.42 Å². The highest BCUT2D eigenvalue weighted by Gasteiger charge is 2.21. The molecule has 0 amide bonds. The smallest absolute Gasteiger partial charge is 0.150 e. The van der Waals surface area contributed by atoms with Gasteiger partial charge in [-0.2, -0.15) is 16.9 Å². The molecule has 1 aromatic heterocycles. The van der Waals surface area contributed by atoms with Crippen molar-refractivity contribution < 1.29 is 4.79 Å². The van der Waals surface area contributed by atoms with E-state index in [0.29, 0.717) is 12.2 Å². The molecular weight excluding hydrogens is 208 g/mol. The Balaban J connectivity index is 1.91. The Morgan fingerprint density at radius 1 is 1.67 bits per heavy atom. The average molecular weight is 224 g/mol. The van der Waals surface area contributed by atoms with Gasteiger partial charge in [-0.05, 0) is 24.2 Å². The van der Waals surface area contributed by atoms with Crippen molar-refractivity contribution >= 4 is 17.5 Å². The first-order valence-electron chi connectivity index (χ1n) is 5.37. The molecule has 1 aliphatic heterocycles. The van der Waals surface area contributed by atoms with E-state index in [2.05, 4.69) is 5.10 Å². The molecule has 0 aromatic carbocycles. The maximum Gasteiger partial charge on any atom is 0.150 e. The van der Waals surface area contributed by atoms with Crippen molar-refractivity contribution in [1.29, 1.82) is 0 Å². The third-order valence-electron chi connectivity index (χ3n) is 2.68. The highest BCUT2D eigenvalue weighted by molar-refractivity contribution is 8.00. The fraction of sp³-hybridized carbons (Fsp3) is 0.636. The molecule has 0 spiro atoms. The first-order valence-corrected chi connectivity index (χ1v) is 6.42. The van der Waals surface area contributed by atoms with Crippen LogP contribution in [0.5, 0.6) is 0 Å². The number of hydrogen-bond acceptors (Lipinski definition) is 3. The van der Waals surface area contributed by atoms with Crippen molar-refractivity contribution in [2.24, 2.45) is 7.05 Å². The molecule has 1 saturated heterocycles. The van der Waals surface area contributed by atoms with Gasteiger partial charge in [0.2, 0.25) is 0 Å². The van der Waals surface area contributed by atoms with Gasteiger partial charge < -0.3 is 0 Å². The van der Waals surface area contributed by atoms with Crippen molar-refractivity contribution in [1.82, 2.24) is 9.78 Å². The van der Waals surface area contributed by atoms with Gasteiger partial charge in [0, 0.05) is 19.7 Å². The van der Waals surface area contributed by atoms with Crippen LogP contribution in [0.15, 0.2) is 12.4 Å². The number of rotatable bonds is 3. The molecule has 0 radical (unpaired) electrons. The van der Waals surface area contributed by atoms with E-state index in [4.69, 9.17) is 0 Å². The Morgan fingerprint density at radius 2 is 2.53 bits per heavy atom. The molecule has 3 nitrogen and oxygen atoms in total. The fourth-order valence-corrected chi connectivity index (χ4v) is 3.13. The molecule has 1 aliphatic rings. The number of ketones is 1. The summed E-state index contributed by atoms with van der Waals surface area (Å²) in [5.74, 6) is 1.51. The SMILES string of the molecule is Cn1cc(CC(=O)C2CCCCS2)cn1. The zero-order chi connectivity index (χ0) is 10.7. The lowest BCUT2D eigenvalue weighted by Crippen LogP contribution is -2.22. The Hall–Kier alpha value is -0.770. The minimum Gasteiger partial charge on any atom is -0.298 e. The topological polar surface area (TPSA) is 34.9 Å². The van der Waals surface area contributed by atoms with Crippen molar-refractivity contribution in [3.63, 3.8) is 0 Å². The minimum absolute atomic E-state index is 0.235. The van der Waals surface area contributed by atoms with Gasteiger partial charge in [-0.3, -0.25) is 9.48 Å². The van der Waals surface area contributed by atoms with Crippen molar-refractivity contribution in [2.45, 2.75) is 30.9 Å². The zero-order valence-corrected chi connectivity index (χ0v) is 9.80. The maximum atomic E-state index is 11.9. The molecule has 1 unspecified atom stereocenters. The van der Waals surface area contributed by atoms with Crippen LogP contribution in [0.4, 0.5) is 0 Å². The molecule has 1 atom stereocenters. The first kappa shape index (κ1) is 10.7. The molecule has 1 aromatic rings. The third kappa shape index (κ3) is 2.84. The van der Waals surface area contributed by atoms with Crippen LogP contribution in [-0.2, 0) is 18.3 Å². The van der Waals surface area contributed by atoms with E-state index in [9.17, 15) is 4.79 Å². The van der Waals surface area contributed by atoms with E-state index in [-0.39, 0.29) is 5.25 Å². The second-order valence-corrected chi connectivity index (χ2v) is 5.33. The summed E-state index contributed by atoms with van der Waals surface area (Å²) in [4.78, 5) is 11.9. The molecule has 0 bridgehead atoms. The Bertz CT molecular complexity index is 342. The average Bonchev–Trinajstić information content (AvgIpc) is 2.65. The molecule has 2 rings (SSSR count). The first-order chi connectivity index (χ1) is 7.25. The summed E-state index contributed by atoms with van der Waals surface area (Å²) in [5, 5.41) is 4.31. The summed E-state index contributed by atoms with van der Waals surface area (Å²) in [6.45, 7) is 0. The predicted octanol–water partition coefficient (Wildman–Crippen LogP) is 1.82. The quantitative estimate of drug-likeness (QED) is 0.785. The van der Waals surface area contributed by atoms with Gasteiger partial charge in [0.15, 0.2) is 0 Å². The van der Waals surface area contributed by atoms with Crippen LogP contribution in [0.25, 0.3) is 0 Å². The number of carbonyl (C=O) groups excluding carboxylic acids is 1. The van der Waals surface area contributed by atoms with E-state index in [0.717, 1.165) is 17.7 Å². The highest BCUT2D eigenvalue weighted by atomic mass is 32.2. The fourth-order valence-electron chi connectivity index (χ4n) is 1.87. The number of aryl methyl sites for hydroxylation is 1. The molecule has 4 heteroatoms. The van der Waals surface area contributed by atoms with Gasteiger partial charge in [-0.15, -0.1) is 0 Å². The van der Waals surface area contributed by atoms with Crippen molar-refractivity contribution in [2.75, 3.05) is 5.75 Å². The summed E-state index contributed by atoms with van der Waals surface area (Å²) >= 11 is 1.82. The molecule has 15 heavy (non-hydrogen) atoms. The Kier molecular flexibility index (Phi) is 3.46. The van der Waals surface area contributed by atoms with E-state index in [1.807, 2.05) is 25.0 Å². The predicted molar refractivity (Wildman–Crippen MR) is 62.0 cm³/mol. The molecule has 2 heterocycles. The van der Waals surface area contributed by atoms with Crippen LogP contribution in [-0.4, -0.2) is 26.6 Å². The monoisotopic (exact) mass is 224 g/mol. The van der Waals surface area contributed by atoms with Crippen molar-refractivity contribution in [3.8, 4) is 0 Å². The van der Waals surface area contributed by atoms with Gasteiger partial charge >= 0.3 is 0 Å². The van der Waals surface area contributed by atoms with E-state index in [1.54, 1.807) is 10.9 Å². The second-order valence-electron chi connectivity index (χ2n) is 4.02. The van der Waals surface area contributed by atoms with Crippen molar-refractivity contribution in [3.05, 3.63) is 18.0 Å². The van der Waals surface area contributed by atoms with Crippen LogP contribution in [0.2, 0.25) is 0 Å². The maximum absolute atomic E-state index is 11.9. The van der Waals surface area contributed by atoms with Crippen LogP contribution < -0.4 is 0 Å².